The maximum Gasteiger partial charge on any atom is 0.236 e. The first-order valence-corrected chi connectivity index (χ1v) is 9.64. The minimum Gasteiger partial charge on any atom is -0.496 e. The monoisotopic (exact) mass is 402 g/mol. The average molecular weight is 403 g/mol. The van der Waals surface area contributed by atoms with E-state index in [1.807, 2.05) is 18.2 Å². The van der Waals surface area contributed by atoms with Gasteiger partial charge in [0.1, 0.15) is 11.6 Å². The molecule has 1 saturated carbocycles. The Bertz CT molecular complexity index is 1020. The highest BCUT2D eigenvalue weighted by molar-refractivity contribution is 7.14. The molecule has 0 aliphatic heterocycles. The molecule has 2 aromatic carbocycles. The molecule has 0 unspecified atom stereocenters. The molecular formula is C20H16ClFN2O2S. The summed E-state index contributed by atoms with van der Waals surface area (Å²) in [7, 11) is 1.52. The first kappa shape index (κ1) is 17.9. The molecule has 3 aromatic rings. The first-order chi connectivity index (χ1) is 13.0. The van der Waals surface area contributed by atoms with Crippen LogP contribution in [0, 0.1) is 5.82 Å². The number of rotatable bonds is 5. The number of hydrogen-bond donors (Lipinski definition) is 1. The molecule has 1 heterocycles. The number of carbonyl (C=O) groups is 1. The summed E-state index contributed by atoms with van der Waals surface area (Å²) in [4.78, 5) is 17.3. The molecule has 1 aromatic heterocycles. The smallest absolute Gasteiger partial charge is 0.236 e. The molecule has 0 radical (unpaired) electrons. The molecule has 1 N–H and O–H groups in total. The third-order valence-electron chi connectivity index (χ3n) is 4.72. The van der Waals surface area contributed by atoms with Gasteiger partial charge >= 0.3 is 0 Å². The zero-order valence-electron chi connectivity index (χ0n) is 14.5. The van der Waals surface area contributed by atoms with Crippen molar-refractivity contribution < 1.29 is 13.9 Å². The van der Waals surface area contributed by atoms with Gasteiger partial charge in [-0.2, -0.15) is 0 Å². The summed E-state index contributed by atoms with van der Waals surface area (Å²) in [6.45, 7) is 0. The second-order valence-corrected chi connectivity index (χ2v) is 7.72. The van der Waals surface area contributed by atoms with Gasteiger partial charge < -0.3 is 10.1 Å². The zero-order chi connectivity index (χ0) is 19.0. The van der Waals surface area contributed by atoms with Crippen LogP contribution in [0.3, 0.4) is 0 Å². The van der Waals surface area contributed by atoms with Gasteiger partial charge in [-0.25, -0.2) is 9.37 Å². The highest BCUT2D eigenvalue weighted by atomic mass is 35.5. The van der Waals surface area contributed by atoms with Crippen LogP contribution < -0.4 is 10.1 Å². The molecule has 1 fully saturated rings. The summed E-state index contributed by atoms with van der Waals surface area (Å²) in [5, 5.41) is 5.74. The van der Waals surface area contributed by atoms with Gasteiger partial charge in [0.25, 0.3) is 0 Å². The molecule has 1 amide bonds. The van der Waals surface area contributed by atoms with Gasteiger partial charge in [0.15, 0.2) is 5.13 Å². The van der Waals surface area contributed by atoms with Gasteiger partial charge in [-0.15, -0.1) is 11.3 Å². The number of carbonyl (C=O) groups excluding carboxylic acids is 1. The quantitative estimate of drug-likeness (QED) is 0.631. The van der Waals surface area contributed by atoms with E-state index in [9.17, 15) is 9.18 Å². The van der Waals surface area contributed by atoms with Gasteiger partial charge in [-0.05, 0) is 48.7 Å². The molecule has 7 heteroatoms. The summed E-state index contributed by atoms with van der Waals surface area (Å²) in [6, 6.07) is 11.7. The number of aromatic nitrogens is 1. The molecule has 0 bridgehead atoms. The zero-order valence-corrected chi connectivity index (χ0v) is 16.0. The van der Waals surface area contributed by atoms with Crippen LogP contribution in [0.2, 0.25) is 5.02 Å². The summed E-state index contributed by atoms with van der Waals surface area (Å²) in [6.07, 6.45) is 1.55. The van der Waals surface area contributed by atoms with Crippen LogP contribution in [0.5, 0.6) is 5.75 Å². The number of nitrogens with one attached hydrogen (secondary N) is 1. The lowest BCUT2D eigenvalue weighted by Crippen LogP contribution is -2.27. The standard InChI is InChI=1S/C20H16ClFN2O2S/c1-26-17-6-5-14(22)10-15(17)16-11-27-19(23-16)24-18(25)20(7-8-20)12-3-2-4-13(21)9-12/h2-6,9-11H,7-8H2,1H3,(H,23,24,25). The Balaban J connectivity index is 1.57. The van der Waals surface area contributed by atoms with Crippen molar-refractivity contribution in [2.45, 2.75) is 18.3 Å². The number of benzene rings is 2. The number of methoxy groups -OCH3 is 1. The van der Waals surface area contributed by atoms with E-state index < -0.39 is 5.41 Å². The van der Waals surface area contributed by atoms with Crippen LogP contribution >= 0.6 is 22.9 Å². The van der Waals surface area contributed by atoms with Crippen molar-refractivity contribution in [3.8, 4) is 17.0 Å². The van der Waals surface area contributed by atoms with Crippen molar-refractivity contribution in [3.05, 3.63) is 64.2 Å². The van der Waals surface area contributed by atoms with Gasteiger partial charge in [0, 0.05) is 16.0 Å². The number of halogens is 2. The topological polar surface area (TPSA) is 51.2 Å². The minimum atomic E-state index is -0.548. The van der Waals surface area contributed by atoms with E-state index in [4.69, 9.17) is 16.3 Å². The molecule has 1 aliphatic rings. The van der Waals surface area contributed by atoms with E-state index in [-0.39, 0.29) is 11.7 Å². The summed E-state index contributed by atoms with van der Waals surface area (Å²) in [5.41, 5.74) is 1.47. The number of amides is 1. The van der Waals surface area contributed by atoms with E-state index in [0.29, 0.717) is 27.2 Å². The lowest BCUT2D eigenvalue weighted by Gasteiger charge is -2.14. The fourth-order valence-corrected chi connectivity index (χ4v) is 4.01. The van der Waals surface area contributed by atoms with E-state index in [1.54, 1.807) is 17.5 Å². The van der Waals surface area contributed by atoms with Crippen molar-refractivity contribution in [1.82, 2.24) is 4.98 Å². The second-order valence-electron chi connectivity index (χ2n) is 6.43. The van der Waals surface area contributed by atoms with Crippen molar-refractivity contribution in [2.24, 2.45) is 0 Å². The maximum atomic E-state index is 13.6. The van der Waals surface area contributed by atoms with Crippen LogP contribution in [-0.4, -0.2) is 18.0 Å². The van der Waals surface area contributed by atoms with Crippen molar-refractivity contribution >= 4 is 34.0 Å². The molecule has 4 rings (SSSR count). The summed E-state index contributed by atoms with van der Waals surface area (Å²) < 4.78 is 18.9. The Kier molecular flexibility index (Phi) is 4.61. The Morgan fingerprint density at radius 3 is 2.81 bits per heavy atom. The molecule has 1 aliphatic carbocycles. The number of nitrogens with zero attached hydrogens (tertiary/aromatic N) is 1. The molecule has 27 heavy (non-hydrogen) atoms. The molecule has 138 valence electrons. The third kappa shape index (κ3) is 3.42. The lowest BCUT2D eigenvalue weighted by atomic mass is 9.95. The van der Waals surface area contributed by atoms with Crippen LogP contribution in [0.4, 0.5) is 9.52 Å². The summed E-state index contributed by atoms with van der Waals surface area (Å²) >= 11 is 7.36. The van der Waals surface area contributed by atoms with Crippen molar-refractivity contribution in [3.63, 3.8) is 0 Å². The third-order valence-corrected chi connectivity index (χ3v) is 5.72. The van der Waals surface area contributed by atoms with Crippen molar-refractivity contribution in [2.75, 3.05) is 12.4 Å². The SMILES string of the molecule is COc1ccc(F)cc1-c1csc(NC(=O)C2(c3cccc(Cl)c3)CC2)n1. The normalized spacial score (nSPS) is 14.6. The fraction of sp³-hybridized carbons (Fsp3) is 0.200. The number of hydrogen-bond acceptors (Lipinski definition) is 4. The van der Waals surface area contributed by atoms with Crippen LogP contribution in [0.25, 0.3) is 11.3 Å². The van der Waals surface area contributed by atoms with E-state index in [1.165, 1.54) is 30.6 Å². The Labute approximate surface area is 165 Å². The van der Waals surface area contributed by atoms with E-state index in [2.05, 4.69) is 10.3 Å². The molecule has 0 spiro atoms. The van der Waals surface area contributed by atoms with Crippen LogP contribution in [0.1, 0.15) is 18.4 Å². The predicted molar refractivity (Wildman–Crippen MR) is 105 cm³/mol. The van der Waals surface area contributed by atoms with Gasteiger partial charge in [0.2, 0.25) is 5.91 Å². The predicted octanol–water partition coefficient (Wildman–Crippen LogP) is 5.28. The Hall–Kier alpha value is -2.44. The molecule has 0 saturated heterocycles. The Morgan fingerprint density at radius 1 is 1.30 bits per heavy atom. The minimum absolute atomic E-state index is 0.100. The number of thiazole rings is 1. The largest absolute Gasteiger partial charge is 0.496 e. The molecular weight excluding hydrogens is 387 g/mol. The van der Waals surface area contributed by atoms with Crippen LogP contribution in [0.15, 0.2) is 47.8 Å². The molecule has 0 atom stereocenters. The van der Waals surface area contributed by atoms with Gasteiger partial charge in [-0.3, -0.25) is 4.79 Å². The van der Waals surface area contributed by atoms with Gasteiger partial charge in [0.05, 0.1) is 18.2 Å². The van der Waals surface area contributed by atoms with E-state index in [0.717, 1.165) is 18.4 Å². The van der Waals surface area contributed by atoms with Gasteiger partial charge in [-0.1, -0.05) is 23.7 Å². The van der Waals surface area contributed by atoms with Crippen molar-refractivity contribution in [1.29, 1.82) is 0 Å². The van der Waals surface area contributed by atoms with Crippen LogP contribution in [-0.2, 0) is 10.2 Å². The first-order valence-electron chi connectivity index (χ1n) is 8.39. The average Bonchev–Trinajstić information content (AvgIpc) is 3.35. The number of ether oxygens (including phenoxy) is 1. The highest BCUT2D eigenvalue weighted by Gasteiger charge is 2.51. The molecule has 4 nitrogen and oxygen atoms in total. The lowest BCUT2D eigenvalue weighted by molar-refractivity contribution is -0.118. The summed E-state index contributed by atoms with van der Waals surface area (Å²) in [5.74, 6) is 0.0521. The number of anilines is 1. The second kappa shape index (κ2) is 6.94. The highest BCUT2D eigenvalue weighted by Crippen LogP contribution is 2.49. The van der Waals surface area contributed by atoms with E-state index >= 15 is 0 Å². The Morgan fingerprint density at radius 2 is 2.11 bits per heavy atom. The fourth-order valence-electron chi connectivity index (χ4n) is 3.11. The maximum absolute atomic E-state index is 13.6.